The van der Waals surface area contributed by atoms with Crippen molar-refractivity contribution in [3.8, 4) is 27.6 Å². The summed E-state index contributed by atoms with van der Waals surface area (Å²) in [4.78, 5) is 28.6. The Labute approximate surface area is 209 Å². The van der Waals surface area contributed by atoms with Gasteiger partial charge in [0.15, 0.2) is 5.75 Å². The second kappa shape index (κ2) is 13.6. The standard InChI is InChI=1S/C27H31FN2O4S/c1-3-4-5-6-7-8-16-34-26-21(10-9-11-22(26)29-24(31)17-25(32)33-2)27-30-23(18-35-27)19-12-14-20(28)15-13-19/h9-15,18H,3-8,16-17H2,1-2H3,(H,29,31). The molecule has 2 aromatic carbocycles. The van der Waals surface area contributed by atoms with Crippen molar-refractivity contribution in [3.05, 3.63) is 53.7 Å². The summed E-state index contributed by atoms with van der Waals surface area (Å²) < 4.78 is 24.1. The van der Waals surface area contributed by atoms with Gasteiger partial charge in [0, 0.05) is 10.9 Å². The van der Waals surface area contributed by atoms with E-state index < -0.39 is 11.9 Å². The van der Waals surface area contributed by atoms with Crippen LogP contribution in [0.15, 0.2) is 47.8 Å². The van der Waals surface area contributed by atoms with Crippen molar-refractivity contribution in [1.82, 2.24) is 4.98 Å². The minimum atomic E-state index is -0.614. The molecule has 1 amide bonds. The Kier molecular flexibility index (Phi) is 10.2. The third-order valence-electron chi connectivity index (χ3n) is 5.44. The smallest absolute Gasteiger partial charge is 0.315 e. The summed E-state index contributed by atoms with van der Waals surface area (Å²) >= 11 is 1.44. The van der Waals surface area contributed by atoms with Gasteiger partial charge >= 0.3 is 5.97 Å². The highest BCUT2D eigenvalue weighted by atomic mass is 32.1. The normalized spacial score (nSPS) is 10.7. The molecule has 0 atom stereocenters. The van der Waals surface area contributed by atoms with Crippen LogP contribution in [0.5, 0.6) is 5.75 Å². The fraction of sp³-hybridized carbons (Fsp3) is 0.370. The largest absolute Gasteiger partial charge is 0.491 e. The maximum absolute atomic E-state index is 13.3. The van der Waals surface area contributed by atoms with E-state index in [1.165, 1.54) is 49.8 Å². The Morgan fingerprint density at radius 2 is 1.77 bits per heavy atom. The summed E-state index contributed by atoms with van der Waals surface area (Å²) in [5, 5.41) is 5.39. The SMILES string of the molecule is CCCCCCCCOc1c(NC(=O)CC(=O)OC)cccc1-c1nc(-c2ccc(F)cc2)cs1. The first-order chi connectivity index (χ1) is 17.0. The van der Waals surface area contributed by atoms with Gasteiger partial charge in [-0.1, -0.05) is 45.1 Å². The van der Waals surface area contributed by atoms with Gasteiger partial charge in [0.25, 0.3) is 0 Å². The summed E-state index contributed by atoms with van der Waals surface area (Å²) in [5.41, 5.74) is 2.75. The molecule has 1 N–H and O–H groups in total. The van der Waals surface area contributed by atoms with Crippen LogP contribution in [0.3, 0.4) is 0 Å². The molecule has 35 heavy (non-hydrogen) atoms. The van der Waals surface area contributed by atoms with Gasteiger partial charge in [0.2, 0.25) is 5.91 Å². The van der Waals surface area contributed by atoms with Crippen LogP contribution in [-0.4, -0.2) is 30.6 Å². The van der Waals surface area contributed by atoms with Crippen molar-refractivity contribution in [2.45, 2.75) is 51.9 Å². The number of unbranched alkanes of at least 4 members (excludes halogenated alkanes) is 5. The van der Waals surface area contributed by atoms with Gasteiger partial charge in [0.1, 0.15) is 17.2 Å². The quantitative estimate of drug-likeness (QED) is 0.158. The van der Waals surface area contributed by atoms with Crippen LogP contribution >= 0.6 is 11.3 Å². The number of nitrogens with zero attached hydrogens (tertiary/aromatic N) is 1. The first-order valence-corrected chi connectivity index (χ1v) is 12.7. The number of hydrogen-bond acceptors (Lipinski definition) is 6. The van der Waals surface area contributed by atoms with E-state index in [2.05, 4.69) is 17.0 Å². The number of hydrogen-bond donors (Lipinski definition) is 1. The number of ether oxygens (including phenoxy) is 2. The van der Waals surface area contributed by atoms with Gasteiger partial charge in [-0.2, -0.15) is 0 Å². The maximum Gasteiger partial charge on any atom is 0.315 e. The maximum atomic E-state index is 13.3. The highest BCUT2D eigenvalue weighted by Crippen LogP contribution is 2.39. The number of carbonyl (C=O) groups is 2. The number of esters is 1. The molecule has 0 unspecified atom stereocenters. The van der Waals surface area contributed by atoms with E-state index in [-0.39, 0.29) is 12.2 Å². The van der Waals surface area contributed by atoms with E-state index in [0.717, 1.165) is 36.1 Å². The minimum Gasteiger partial charge on any atom is -0.491 e. The van der Waals surface area contributed by atoms with Crippen LogP contribution < -0.4 is 10.1 Å². The predicted octanol–water partition coefficient (Wildman–Crippen LogP) is 6.86. The molecule has 3 rings (SSSR count). The van der Waals surface area contributed by atoms with Crippen molar-refractivity contribution >= 4 is 28.9 Å². The Morgan fingerprint density at radius 3 is 2.51 bits per heavy atom. The van der Waals surface area contributed by atoms with Gasteiger partial charge in [-0.15, -0.1) is 11.3 Å². The fourth-order valence-corrected chi connectivity index (χ4v) is 4.42. The van der Waals surface area contributed by atoms with Crippen LogP contribution in [0.1, 0.15) is 51.9 Å². The number of thiazole rings is 1. The van der Waals surface area contributed by atoms with Crippen molar-refractivity contribution in [1.29, 1.82) is 0 Å². The second-order valence-corrected chi connectivity index (χ2v) is 9.00. The molecule has 0 fully saturated rings. The van der Waals surface area contributed by atoms with E-state index in [1.54, 1.807) is 24.3 Å². The summed E-state index contributed by atoms with van der Waals surface area (Å²) in [6.07, 6.45) is 6.39. The number of para-hydroxylation sites is 1. The van der Waals surface area contributed by atoms with E-state index in [4.69, 9.17) is 9.72 Å². The number of halogens is 1. The van der Waals surface area contributed by atoms with Crippen LogP contribution in [0, 0.1) is 5.82 Å². The van der Waals surface area contributed by atoms with Crippen molar-refractivity contribution in [2.75, 3.05) is 19.0 Å². The number of nitrogens with one attached hydrogen (secondary N) is 1. The molecule has 8 heteroatoms. The molecule has 0 bridgehead atoms. The monoisotopic (exact) mass is 498 g/mol. The van der Waals surface area contributed by atoms with Gasteiger partial charge in [-0.25, -0.2) is 9.37 Å². The topological polar surface area (TPSA) is 77.5 Å². The van der Waals surface area contributed by atoms with Gasteiger partial charge in [-0.05, 0) is 42.8 Å². The molecule has 6 nitrogen and oxygen atoms in total. The Morgan fingerprint density at radius 1 is 1.03 bits per heavy atom. The molecule has 0 aliphatic carbocycles. The highest BCUT2D eigenvalue weighted by molar-refractivity contribution is 7.13. The molecule has 0 aliphatic rings. The van der Waals surface area contributed by atoms with E-state index in [1.807, 2.05) is 11.4 Å². The first-order valence-electron chi connectivity index (χ1n) is 11.9. The molecule has 0 aliphatic heterocycles. The predicted molar refractivity (Wildman–Crippen MR) is 137 cm³/mol. The lowest BCUT2D eigenvalue weighted by Gasteiger charge is -2.16. The Hall–Kier alpha value is -3.26. The third-order valence-corrected chi connectivity index (χ3v) is 6.32. The fourth-order valence-electron chi connectivity index (χ4n) is 3.56. The van der Waals surface area contributed by atoms with Gasteiger partial charge < -0.3 is 14.8 Å². The zero-order valence-corrected chi connectivity index (χ0v) is 21.0. The van der Waals surface area contributed by atoms with Crippen LogP contribution in [0.4, 0.5) is 10.1 Å². The number of methoxy groups -OCH3 is 1. The van der Waals surface area contributed by atoms with E-state index in [9.17, 15) is 14.0 Å². The lowest BCUT2D eigenvalue weighted by Crippen LogP contribution is -2.18. The molecule has 1 aromatic heterocycles. The van der Waals surface area contributed by atoms with Crippen LogP contribution in [-0.2, 0) is 14.3 Å². The van der Waals surface area contributed by atoms with Crippen molar-refractivity contribution in [3.63, 3.8) is 0 Å². The third kappa shape index (κ3) is 7.89. The number of benzene rings is 2. The van der Waals surface area contributed by atoms with E-state index in [0.29, 0.717) is 23.1 Å². The molecular formula is C27H31FN2O4S. The highest BCUT2D eigenvalue weighted by Gasteiger charge is 2.18. The average Bonchev–Trinajstić information content (AvgIpc) is 3.34. The number of carbonyl (C=O) groups excluding carboxylic acids is 2. The van der Waals surface area contributed by atoms with Crippen molar-refractivity contribution in [2.24, 2.45) is 0 Å². The summed E-state index contributed by atoms with van der Waals surface area (Å²) in [6, 6.07) is 11.6. The zero-order chi connectivity index (χ0) is 25.0. The second-order valence-electron chi connectivity index (χ2n) is 8.14. The summed E-state index contributed by atoms with van der Waals surface area (Å²) in [6.45, 7) is 2.69. The lowest BCUT2D eigenvalue weighted by molar-refractivity contribution is -0.142. The average molecular weight is 499 g/mol. The van der Waals surface area contributed by atoms with Gasteiger partial charge in [0.05, 0.1) is 30.7 Å². The molecule has 0 spiro atoms. The lowest BCUT2D eigenvalue weighted by atomic mass is 10.1. The summed E-state index contributed by atoms with van der Waals surface area (Å²) in [7, 11) is 1.24. The number of aromatic nitrogens is 1. The molecule has 0 radical (unpaired) electrons. The molecule has 1 heterocycles. The Bertz CT molecular complexity index is 1110. The number of anilines is 1. The molecule has 3 aromatic rings. The van der Waals surface area contributed by atoms with E-state index >= 15 is 0 Å². The van der Waals surface area contributed by atoms with Crippen molar-refractivity contribution < 1.29 is 23.5 Å². The first kappa shape index (κ1) is 26.3. The number of amides is 1. The number of rotatable bonds is 13. The molecule has 0 saturated heterocycles. The summed E-state index contributed by atoms with van der Waals surface area (Å²) in [5.74, 6) is -0.883. The minimum absolute atomic E-state index is 0.301. The molecule has 186 valence electrons. The van der Waals surface area contributed by atoms with Crippen LogP contribution in [0.2, 0.25) is 0 Å². The Balaban J connectivity index is 1.82. The molecule has 0 saturated carbocycles. The van der Waals surface area contributed by atoms with Gasteiger partial charge in [-0.3, -0.25) is 9.59 Å². The molecular weight excluding hydrogens is 467 g/mol. The van der Waals surface area contributed by atoms with Crippen LogP contribution in [0.25, 0.3) is 21.8 Å². The zero-order valence-electron chi connectivity index (χ0n) is 20.1.